The maximum atomic E-state index is 12.7. The summed E-state index contributed by atoms with van der Waals surface area (Å²) < 4.78 is 34.4. The van der Waals surface area contributed by atoms with Gasteiger partial charge in [-0.2, -0.15) is 0 Å². The van der Waals surface area contributed by atoms with Gasteiger partial charge in [0.25, 0.3) is 15.9 Å². The molecule has 1 aliphatic rings. The number of hydrogen-bond donors (Lipinski definition) is 1. The van der Waals surface area contributed by atoms with E-state index in [4.69, 9.17) is 4.74 Å². The van der Waals surface area contributed by atoms with Gasteiger partial charge in [-0.3, -0.25) is 9.52 Å². The number of esters is 1. The zero-order valence-corrected chi connectivity index (χ0v) is 16.0. The maximum absolute atomic E-state index is 12.7. The number of nitrogens with zero attached hydrogens (tertiary/aromatic N) is 2. The van der Waals surface area contributed by atoms with Crippen LogP contribution in [-0.4, -0.2) is 50.0 Å². The number of sulfonamides is 1. The van der Waals surface area contributed by atoms with Crippen LogP contribution in [0.15, 0.2) is 41.4 Å². The van der Waals surface area contributed by atoms with Crippen LogP contribution in [0.2, 0.25) is 0 Å². The minimum Gasteiger partial charge on any atom is -0.462 e. The van der Waals surface area contributed by atoms with Gasteiger partial charge in [0.15, 0.2) is 0 Å². The molecule has 1 aromatic carbocycles. The summed E-state index contributed by atoms with van der Waals surface area (Å²) in [5, 5.41) is 0. The predicted octanol–water partition coefficient (Wildman–Crippen LogP) is 1.94. The van der Waals surface area contributed by atoms with E-state index in [0.29, 0.717) is 30.0 Å². The highest BCUT2D eigenvalue weighted by Crippen LogP contribution is 2.22. The van der Waals surface area contributed by atoms with Crippen molar-refractivity contribution in [1.29, 1.82) is 0 Å². The second-order valence-electron chi connectivity index (χ2n) is 6.24. The highest BCUT2D eigenvalue weighted by atomic mass is 32.2. The molecule has 1 N–H and O–H groups in total. The minimum absolute atomic E-state index is 0.0237. The Labute approximate surface area is 157 Å². The molecule has 9 heteroatoms. The fraction of sp³-hybridized carbons (Fsp3) is 0.333. The second-order valence-corrected chi connectivity index (χ2v) is 7.92. The first kappa shape index (κ1) is 19.0. The molecular weight excluding hydrogens is 370 g/mol. The number of amides is 1. The number of anilines is 1. The molecule has 0 spiro atoms. The van der Waals surface area contributed by atoms with Gasteiger partial charge in [0, 0.05) is 32.0 Å². The van der Waals surface area contributed by atoms with E-state index >= 15 is 0 Å². The number of carbonyl (C=O) groups is 2. The van der Waals surface area contributed by atoms with Crippen molar-refractivity contribution >= 4 is 27.6 Å². The van der Waals surface area contributed by atoms with Crippen molar-refractivity contribution in [1.82, 2.24) is 9.47 Å². The van der Waals surface area contributed by atoms with E-state index in [0.717, 1.165) is 6.42 Å². The van der Waals surface area contributed by atoms with E-state index in [9.17, 15) is 18.0 Å². The van der Waals surface area contributed by atoms with Crippen LogP contribution in [0.3, 0.4) is 0 Å². The molecule has 2 heterocycles. The van der Waals surface area contributed by atoms with Crippen LogP contribution in [0.5, 0.6) is 0 Å². The van der Waals surface area contributed by atoms with Crippen LogP contribution in [-0.2, 0) is 21.3 Å². The van der Waals surface area contributed by atoms with E-state index < -0.39 is 16.0 Å². The molecule has 27 heavy (non-hydrogen) atoms. The number of aromatic nitrogens is 1. The van der Waals surface area contributed by atoms with Crippen molar-refractivity contribution in [2.45, 2.75) is 24.8 Å². The average Bonchev–Trinajstić information content (AvgIpc) is 3.01. The lowest BCUT2D eigenvalue weighted by Gasteiger charge is -2.12. The Morgan fingerprint density at radius 1 is 1.22 bits per heavy atom. The first-order valence-corrected chi connectivity index (χ1v) is 10.1. The van der Waals surface area contributed by atoms with Gasteiger partial charge in [0.1, 0.15) is 10.6 Å². The number of nitrogens with one attached hydrogen (secondary N) is 1. The van der Waals surface area contributed by atoms with Crippen molar-refractivity contribution in [3.63, 3.8) is 0 Å². The number of benzene rings is 1. The van der Waals surface area contributed by atoms with Crippen LogP contribution in [0.25, 0.3) is 0 Å². The monoisotopic (exact) mass is 391 g/mol. The first-order chi connectivity index (χ1) is 12.8. The summed E-state index contributed by atoms with van der Waals surface area (Å²) in [6.45, 7) is 3.19. The van der Waals surface area contributed by atoms with Crippen LogP contribution in [0.1, 0.15) is 34.2 Å². The van der Waals surface area contributed by atoms with E-state index in [1.807, 2.05) is 0 Å². The van der Waals surface area contributed by atoms with E-state index in [-0.39, 0.29) is 17.4 Å². The Bertz CT molecular complexity index is 963. The summed E-state index contributed by atoms with van der Waals surface area (Å²) in [4.78, 5) is 25.6. The summed E-state index contributed by atoms with van der Waals surface area (Å²) in [6, 6.07) is 7.35. The quantitative estimate of drug-likeness (QED) is 0.786. The molecule has 3 rings (SSSR count). The van der Waals surface area contributed by atoms with Crippen molar-refractivity contribution in [2.75, 3.05) is 24.9 Å². The van der Waals surface area contributed by atoms with Crippen molar-refractivity contribution < 1.29 is 22.7 Å². The Morgan fingerprint density at radius 2 is 1.93 bits per heavy atom. The largest absolute Gasteiger partial charge is 0.462 e. The molecule has 1 aromatic heterocycles. The van der Waals surface area contributed by atoms with Crippen molar-refractivity contribution in [2.24, 2.45) is 0 Å². The third-order valence-electron chi connectivity index (χ3n) is 4.29. The van der Waals surface area contributed by atoms with Gasteiger partial charge in [0.2, 0.25) is 0 Å². The van der Waals surface area contributed by atoms with Crippen LogP contribution in [0, 0.1) is 0 Å². The number of rotatable bonds is 5. The third-order valence-corrected chi connectivity index (χ3v) is 5.64. The highest BCUT2D eigenvalue weighted by Gasteiger charge is 2.25. The maximum Gasteiger partial charge on any atom is 0.338 e. The molecule has 0 unspecified atom stereocenters. The Kier molecular flexibility index (Phi) is 5.22. The van der Waals surface area contributed by atoms with Gasteiger partial charge in [-0.1, -0.05) is 0 Å². The van der Waals surface area contributed by atoms with Gasteiger partial charge in [-0.15, -0.1) is 0 Å². The predicted molar refractivity (Wildman–Crippen MR) is 99.2 cm³/mol. The Morgan fingerprint density at radius 3 is 2.59 bits per heavy atom. The molecule has 0 fully saturated rings. The highest BCUT2D eigenvalue weighted by molar-refractivity contribution is 7.92. The van der Waals surface area contributed by atoms with Gasteiger partial charge < -0.3 is 14.2 Å². The molecule has 0 saturated carbocycles. The summed E-state index contributed by atoms with van der Waals surface area (Å²) in [6.07, 6.45) is 2.23. The molecule has 144 valence electrons. The van der Waals surface area contributed by atoms with Crippen LogP contribution in [0.4, 0.5) is 5.69 Å². The average molecular weight is 391 g/mol. The van der Waals surface area contributed by atoms with Gasteiger partial charge in [-0.05, 0) is 43.7 Å². The van der Waals surface area contributed by atoms with E-state index in [1.54, 1.807) is 23.4 Å². The Hall–Kier alpha value is -2.81. The third kappa shape index (κ3) is 3.97. The topological polar surface area (TPSA) is 97.7 Å². The smallest absolute Gasteiger partial charge is 0.338 e. The van der Waals surface area contributed by atoms with Crippen LogP contribution >= 0.6 is 0 Å². The summed E-state index contributed by atoms with van der Waals surface area (Å²) >= 11 is 0. The van der Waals surface area contributed by atoms with E-state index in [2.05, 4.69) is 4.72 Å². The molecule has 0 aliphatic carbocycles. The summed E-state index contributed by atoms with van der Waals surface area (Å²) in [5.74, 6) is -0.668. The zero-order valence-electron chi connectivity index (χ0n) is 15.1. The fourth-order valence-electron chi connectivity index (χ4n) is 2.87. The molecule has 1 amide bonds. The number of carbonyl (C=O) groups excluding carboxylic acids is 2. The van der Waals surface area contributed by atoms with Crippen molar-refractivity contribution in [3.05, 3.63) is 47.8 Å². The number of fused-ring (bicyclic) bond motifs is 1. The summed E-state index contributed by atoms with van der Waals surface area (Å²) in [7, 11) is -2.16. The standard InChI is InChI=1S/C18H21N3O5S/c1-3-26-18(23)13-5-7-14(8-6-13)19-27(24,25)15-11-16-17(22)20(2)9-4-10-21(16)12-15/h5-8,11-12,19H,3-4,9-10H2,1-2H3. The first-order valence-electron chi connectivity index (χ1n) is 8.57. The molecule has 0 saturated heterocycles. The normalized spacial score (nSPS) is 14.4. The SMILES string of the molecule is CCOC(=O)c1ccc(NS(=O)(=O)c2cc3n(c2)CCCN(C)C3=O)cc1. The lowest BCUT2D eigenvalue weighted by molar-refractivity contribution is 0.0526. The second kappa shape index (κ2) is 7.43. The van der Waals surface area contributed by atoms with Crippen molar-refractivity contribution in [3.8, 4) is 0 Å². The Balaban J connectivity index is 1.81. The molecular formula is C18H21N3O5S. The van der Waals surface area contributed by atoms with Gasteiger partial charge in [-0.25, -0.2) is 13.2 Å². The number of ether oxygens (including phenoxy) is 1. The summed E-state index contributed by atoms with van der Waals surface area (Å²) in [5.41, 5.74) is 1.00. The van der Waals surface area contributed by atoms with Gasteiger partial charge >= 0.3 is 5.97 Å². The molecule has 0 atom stereocenters. The fourth-order valence-corrected chi connectivity index (χ4v) is 3.97. The van der Waals surface area contributed by atoms with E-state index in [1.165, 1.54) is 36.5 Å². The lowest BCUT2D eigenvalue weighted by atomic mass is 10.2. The number of aryl methyl sites for hydroxylation is 1. The van der Waals surface area contributed by atoms with Gasteiger partial charge in [0.05, 0.1) is 12.2 Å². The molecule has 0 radical (unpaired) electrons. The zero-order chi connectivity index (χ0) is 19.6. The number of hydrogen-bond acceptors (Lipinski definition) is 5. The molecule has 0 bridgehead atoms. The molecule has 8 nitrogen and oxygen atoms in total. The van der Waals surface area contributed by atoms with Crippen LogP contribution < -0.4 is 4.72 Å². The molecule has 2 aromatic rings. The lowest BCUT2D eigenvalue weighted by Crippen LogP contribution is -2.26. The molecule has 1 aliphatic heterocycles. The minimum atomic E-state index is -3.86.